The molecule has 3 rings (SSSR count). The van der Waals surface area contributed by atoms with E-state index in [0.29, 0.717) is 24.7 Å². The van der Waals surface area contributed by atoms with E-state index in [9.17, 15) is 4.79 Å². The Morgan fingerprint density at radius 1 is 1.39 bits per heavy atom. The number of anilines is 1. The van der Waals surface area contributed by atoms with Gasteiger partial charge >= 0.3 is 5.97 Å². The molecule has 1 saturated heterocycles. The number of nitrogens with zero attached hydrogens (tertiary/aromatic N) is 2. The quantitative estimate of drug-likeness (QED) is 0.801. The van der Waals surface area contributed by atoms with Crippen LogP contribution in [0.15, 0.2) is 12.3 Å². The fourth-order valence-electron chi connectivity index (χ4n) is 2.58. The van der Waals surface area contributed by atoms with Gasteiger partial charge in [0, 0.05) is 24.7 Å². The Bertz CT molecular complexity index is 663. The van der Waals surface area contributed by atoms with Gasteiger partial charge in [0.05, 0.1) is 35.9 Å². The number of morpholine rings is 1. The van der Waals surface area contributed by atoms with Gasteiger partial charge in [-0.3, -0.25) is 4.98 Å². The third-order valence-electron chi connectivity index (χ3n) is 3.55. The van der Waals surface area contributed by atoms with Crippen LogP contribution in [-0.2, 0) is 9.47 Å². The average molecular weight is 336 g/mol. The van der Waals surface area contributed by atoms with Crippen molar-refractivity contribution in [2.24, 2.45) is 0 Å². The smallest absolute Gasteiger partial charge is 0.350 e. The van der Waals surface area contributed by atoms with Crippen molar-refractivity contribution in [2.75, 3.05) is 37.8 Å². The number of rotatable bonds is 3. The Morgan fingerprint density at radius 2 is 2.09 bits per heavy atom. The molecular formula is C17H24N2O3S. The van der Waals surface area contributed by atoms with Crippen LogP contribution in [0.3, 0.4) is 0 Å². The molecule has 3 heterocycles. The molecule has 0 unspecified atom stereocenters. The monoisotopic (exact) mass is 336 g/mol. The molecule has 0 saturated carbocycles. The standard InChI is InChI=1S/C15H18N2O3S.C2H6/c1-3-20-15(18)14-12(17-6-8-19-9-7-17)11-4-5-16-10(2)13(11)21-14;1-2/h4-5H,3,6-9H2,1-2H3;1-2H3. The minimum absolute atomic E-state index is 0.250. The molecule has 1 aliphatic heterocycles. The van der Waals surface area contributed by atoms with Gasteiger partial charge in [-0.05, 0) is 19.9 Å². The predicted octanol–water partition coefficient (Wildman–Crippen LogP) is 3.64. The van der Waals surface area contributed by atoms with E-state index in [2.05, 4.69) is 9.88 Å². The highest BCUT2D eigenvalue weighted by molar-refractivity contribution is 7.21. The molecule has 2 aromatic rings. The zero-order valence-electron chi connectivity index (χ0n) is 14.2. The number of hydrogen-bond donors (Lipinski definition) is 0. The molecule has 0 spiro atoms. The highest BCUT2D eigenvalue weighted by Gasteiger charge is 2.25. The Hall–Kier alpha value is -1.66. The summed E-state index contributed by atoms with van der Waals surface area (Å²) in [6, 6.07) is 1.98. The van der Waals surface area contributed by atoms with Gasteiger partial charge in [-0.2, -0.15) is 0 Å². The van der Waals surface area contributed by atoms with Gasteiger partial charge < -0.3 is 14.4 Å². The Morgan fingerprint density at radius 3 is 2.74 bits per heavy atom. The topological polar surface area (TPSA) is 51.7 Å². The fourth-order valence-corrected chi connectivity index (χ4v) is 3.73. The first kappa shape index (κ1) is 17.7. The van der Waals surface area contributed by atoms with Crippen LogP contribution in [0.5, 0.6) is 0 Å². The normalized spacial score (nSPS) is 14.3. The summed E-state index contributed by atoms with van der Waals surface area (Å²) in [5, 5.41) is 1.08. The van der Waals surface area contributed by atoms with Gasteiger partial charge in [-0.15, -0.1) is 11.3 Å². The largest absolute Gasteiger partial charge is 0.462 e. The van der Waals surface area contributed by atoms with Crippen molar-refractivity contribution in [3.63, 3.8) is 0 Å². The van der Waals surface area contributed by atoms with E-state index >= 15 is 0 Å². The van der Waals surface area contributed by atoms with E-state index in [1.165, 1.54) is 11.3 Å². The molecule has 126 valence electrons. The number of carbonyl (C=O) groups excluding carboxylic acids is 1. The second-order valence-electron chi connectivity index (χ2n) is 4.87. The number of aryl methyl sites for hydroxylation is 1. The summed E-state index contributed by atoms with van der Waals surface area (Å²) >= 11 is 1.47. The van der Waals surface area contributed by atoms with Gasteiger partial charge in [-0.1, -0.05) is 13.8 Å². The van der Waals surface area contributed by atoms with Crippen molar-refractivity contribution >= 4 is 33.1 Å². The maximum absolute atomic E-state index is 12.3. The zero-order chi connectivity index (χ0) is 16.8. The Balaban J connectivity index is 0.000000924. The molecule has 0 aliphatic carbocycles. The van der Waals surface area contributed by atoms with Crippen LogP contribution < -0.4 is 4.90 Å². The van der Waals surface area contributed by atoms with Gasteiger partial charge in [0.2, 0.25) is 0 Å². The highest BCUT2D eigenvalue weighted by Crippen LogP contribution is 2.40. The average Bonchev–Trinajstić information content (AvgIpc) is 2.99. The summed E-state index contributed by atoms with van der Waals surface area (Å²) < 4.78 is 11.7. The van der Waals surface area contributed by atoms with Gasteiger partial charge in [0.15, 0.2) is 0 Å². The summed E-state index contributed by atoms with van der Waals surface area (Å²) in [5.74, 6) is -0.250. The number of ether oxygens (including phenoxy) is 2. The molecule has 0 atom stereocenters. The summed E-state index contributed by atoms with van der Waals surface area (Å²) in [6.45, 7) is 11.1. The lowest BCUT2D eigenvalue weighted by Gasteiger charge is -2.29. The van der Waals surface area contributed by atoms with Crippen molar-refractivity contribution in [3.8, 4) is 0 Å². The van der Waals surface area contributed by atoms with E-state index < -0.39 is 0 Å². The van der Waals surface area contributed by atoms with Crippen LogP contribution in [0, 0.1) is 6.92 Å². The van der Waals surface area contributed by atoms with Crippen LogP contribution in [0.2, 0.25) is 0 Å². The van der Waals surface area contributed by atoms with E-state index in [4.69, 9.17) is 9.47 Å². The van der Waals surface area contributed by atoms with Crippen molar-refractivity contribution in [1.29, 1.82) is 0 Å². The lowest BCUT2D eigenvalue weighted by atomic mass is 10.2. The summed E-state index contributed by atoms with van der Waals surface area (Å²) in [6.07, 6.45) is 1.79. The minimum atomic E-state index is -0.250. The molecule has 1 fully saturated rings. The van der Waals surface area contributed by atoms with Gasteiger partial charge in [-0.25, -0.2) is 4.79 Å². The molecule has 0 bridgehead atoms. The third-order valence-corrected chi connectivity index (χ3v) is 4.83. The van der Waals surface area contributed by atoms with E-state index in [0.717, 1.165) is 34.6 Å². The van der Waals surface area contributed by atoms with Crippen LogP contribution >= 0.6 is 11.3 Å². The number of hydrogen-bond acceptors (Lipinski definition) is 6. The molecule has 0 radical (unpaired) electrons. The number of fused-ring (bicyclic) bond motifs is 1. The molecule has 2 aromatic heterocycles. The number of esters is 1. The summed E-state index contributed by atoms with van der Waals surface area (Å²) in [4.78, 5) is 19.5. The molecule has 23 heavy (non-hydrogen) atoms. The van der Waals surface area contributed by atoms with Crippen LogP contribution in [0.4, 0.5) is 5.69 Å². The lowest BCUT2D eigenvalue weighted by Crippen LogP contribution is -2.36. The molecule has 0 N–H and O–H groups in total. The first-order chi connectivity index (χ1) is 11.2. The molecule has 5 nitrogen and oxygen atoms in total. The van der Waals surface area contributed by atoms with Gasteiger partial charge in [0.25, 0.3) is 0 Å². The molecular weight excluding hydrogens is 312 g/mol. The number of pyridine rings is 1. The molecule has 0 amide bonds. The van der Waals surface area contributed by atoms with Gasteiger partial charge in [0.1, 0.15) is 4.88 Å². The highest BCUT2D eigenvalue weighted by atomic mass is 32.1. The third kappa shape index (κ3) is 3.64. The van der Waals surface area contributed by atoms with Crippen molar-refractivity contribution in [2.45, 2.75) is 27.7 Å². The summed E-state index contributed by atoms with van der Waals surface area (Å²) in [5.41, 5.74) is 1.92. The second-order valence-corrected chi connectivity index (χ2v) is 5.89. The lowest BCUT2D eigenvalue weighted by molar-refractivity contribution is 0.0532. The van der Waals surface area contributed by atoms with Crippen molar-refractivity contribution < 1.29 is 14.3 Å². The maximum Gasteiger partial charge on any atom is 0.350 e. The minimum Gasteiger partial charge on any atom is -0.462 e. The van der Waals surface area contributed by atoms with E-state index in [1.807, 2.05) is 33.8 Å². The fraction of sp³-hybridized carbons (Fsp3) is 0.529. The van der Waals surface area contributed by atoms with Crippen LogP contribution in [-0.4, -0.2) is 43.9 Å². The summed E-state index contributed by atoms with van der Waals surface area (Å²) in [7, 11) is 0. The SMILES string of the molecule is CC.CCOC(=O)c1sc2c(C)nccc2c1N1CCOCC1. The van der Waals surface area contributed by atoms with E-state index in [1.54, 1.807) is 6.20 Å². The van der Waals surface area contributed by atoms with E-state index in [-0.39, 0.29) is 5.97 Å². The zero-order valence-corrected chi connectivity index (χ0v) is 15.0. The number of carbonyl (C=O) groups is 1. The Labute approximate surface area is 141 Å². The first-order valence-electron chi connectivity index (χ1n) is 8.10. The second kappa shape index (κ2) is 8.26. The van der Waals surface area contributed by atoms with Crippen LogP contribution in [0.1, 0.15) is 36.1 Å². The maximum atomic E-state index is 12.3. The molecule has 1 aliphatic rings. The molecule has 6 heteroatoms. The van der Waals surface area contributed by atoms with Crippen LogP contribution in [0.25, 0.3) is 10.1 Å². The predicted molar refractivity (Wildman–Crippen MR) is 94.7 cm³/mol. The molecule has 0 aromatic carbocycles. The first-order valence-corrected chi connectivity index (χ1v) is 8.92. The number of thiophene rings is 1. The Kier molecular flexibility index (Phi) is 6.36. The number of aromatic nitrogens is 1. The van der Waals surface area contributed by atoms with Crippen molar-refractivity contribution in [3.05, 3.63) is 22.8 Å². The van der Waals surface area contributed by atoms with Crippen molar-refractivity contribution in [1.82, 2.24) is 4.98 Å².